The molecule has 1 aliphatic carbocycles. The van der Waals surface area contributed by atoms with E-state index in [0.29, 0.717) is 6.04 Å². The Bertz CT molecular complexity index is 1140. The minimum absolute atomic E-state index is 0.151. The standard InChI is InChI=1S/C18H16N8/c1-11-4-15(24-23-11)16-10-26-17(2-3-20-26)18(22-16)13-8-21-25(9-13)14-5-12(6-14)7-19/h2-4,8-10,12,14H,5-6H2,1H3,(H,23,24). The van der Waals surface area contributed by atoms with Gasteiger partial charge in [0, 0.05) is 17.5 Å². The summed E-state index contributed by atoms with van der Waals surface area (Å²) in [6.07, 6.45) is 9.19. The summed E-state index contributed by atoms with van der Waals surface area (Å²) in [5.41, 5.74) is 5.19. The largest absolute Gasteiger partial charge is 0.282 e. The maximum atomic E-state index is 8.96. The molecule has 0 saturated heterocycles. The molecule has 26 heavy (non-hydrogen) atoms. The minimum Gasteiger partial charge on any atom is -0.282 e. The topological polar surface area (TPSA) is 100 Å². The molecule has 0 amide bonds. The second-order valence-corrected chi connectivity index (χ2v) is 6.73. The van der Waals surface area contributed by atoms with Gasteiger partial charge in [0.25, 0.3) is 0 Å². The second kappa shape index (κ2) is 5.52. The first-order valence-corrected chi connectivity index (χ1v) is 8.52. The van der Waals surface area contributed by atoms with Crippen LogP contribution in [-0.4, -0.2) is 34.6 Å². The van der Waals surface area contributed by atoms with Crippen LogP contribution in [-0.2, 0) is 0 Å². The molecule has 0 aromatic carbocycles. The predicted molar refractivity (Wildman–Crippen MR) is 93.9 cm³/mol. The quantitative estimate of drug-likeness (QED) is 0.616. The summed E-state index contributed by atoms with van der Waals surface area (Å²) in [6.45, 7) is 1.96. The smallest absolute Gasteiger partial charge is 0.112 e. The monoisotopic (exact) mass is 344 g/mol. The van der Waals surface area contributed by atoms with Crippen LogP contribution in [0.25, 0.3) is 28.2 Å². The number of nitrogens with one attached hydrogen (secondary N) is 1. The van der Waals surface area contributed by atoms with Crippen LogP contribution in [0.15, 0.2) is 36.9 Å². The first-order chi connectivity index (χ1) is 12.7. The summed E-state index contributed by atoms with van der Waals surface area (Å²) >= 11 is 0. The third-order valence-electron chi connectivity index (χ3n) is 4.90. The van der Waals surface area contributed by atoms with Gasteiger partial charge in [-0.15, -0.1) is 0 Å². The Balaban J connectivity index is 1.57. The summed E-state index contributed by atoms with van der Waals surface area (Å²) in [4.78, 5) is 4.83. The van der Waals surface area contributed by atoms with Crippen molar-refractivity contribution in [3.8, 4) is 28.7 Å². The lowest BCUT2D eigenvalue weighted by Crippen LogP contribution is -2.25. The molecule has 4 aromatic heterocycles. The maximum Gasteiger partial charge on any atom is 0.112 e. The first kappa shape index (κ1) is 14.8. The van der Waals surface area contributed by atoms with Crippen molar-refractivity contribution in [2.75, 3.05) is 0 Å². The molecule has 0 bridgehead atoms. The Morgan fingerprint density at radius 3 is 2.88 bits per heavy atom. The van der Waals surface area contributed by atoms with Gasteiger partial charge in [-0.1, -0.05) is 0 Å². The van der Waals surface area contributed by atoms with Crippen LogP contribution in [0.5, 0.6) is 0 Å². The molecule has 8 heteroatoms. The van der Waals surface area contributed by atoms with Crippen LogP contribution in [0.3, 0.4) is 0 Å². The molecule has 0 spiro atoms. The number of nitriles is 1. The fraction of sp³-hybridized carbons (Fsp3) is 0.278. The number of rotatable bonds is 3. The highest BCUT2D eigenvalue weighted by Crippen LogP contribution is 2.37. The summed E-state index contributed by atoms with van der Waals surface area (Å²) < 4.78 is 3.76. The maximum absolute atomic E-state index is 8.96. The van der Waals surface area contributed by atoms with Gasteiger partial charge in [0.2, 0.25) is 0 Å². The number of nitrogens with zero attached hydrogens (tertiary/aromatic N) is 7. The van der Waals surface area contributed by atoms with E-state index >= 15 is 0 Å². The molecule has 0 unspecified atom stereocenters. The van der Waals surface area contributed by atoms with Crippen LogP contribution < -0.4 is 0 Å². The molecule has 128 valence electrons. The van der Waals surface area contributed by atoms with Crippen molar-refractivity contribution in [2.24, 2.45) is 5.92 Å². The van der Waals surface area contributed by atoms with Crippen molar-refractivity contribution in [1.29, 1.82) is 5.26 Å². The van der Waals surface area contributed by atoms with Gasteiger partial charge >= 0.3 is 0 Å². The van der Waals surface area contributed by atoms with Crippen molar-refractivity contribution in [2.45, 2.75) is 25.8 Å². The summed E-state index contributed by atoms with van der Waals surface area (Å²) in [5.74, 6) is 0.151. The number of H-pyrrole nitrogens is 1. The van der Waals surface area contributed by atoms with Crippen LogP contribution in [0, 0.1) is 24.2 Å². The number of hydrogen-bond acceptors (Lipinski definition) is 5. The lowest BCUT2D eigenvalue weighted by atomic mass is 9.81. The highest BCUT2D eigenvalue weighted by molar-refractivity contribution is 5.77. The zero-order valence-electron chi connectivity index (χ0n) is 14.2. The summed E-state index contributed by atoms with van der Waals surface area (Å²) in [5, 5.41) is 25.1. The molecule has 0 radical (unpaired) electrons. The highest BCUT2D eigenvalue weighted by Gasteiger charge is 2.31. The van der Waals surface area contributed by atoms with E-state index in [1.165, 1.54) is 0 Å². The van der Waals surface area contributed by atoms with Crippen molar-refractivity contribution >= 4 is 5.52 Å². The molecular formula is C18H16N8. The van der Waals surface area contributed by atoms with E-state index in [4.69, 9.17) is 10.2 Å². The van der Waals surface area contributed by atoms with Gasteiger partial charge in [-0.25, -0.2) is 9.50 Å². The Labute approximate surface area is 149 Å². The van der Waals surface area contributed by atoms with Gasteiger partial charge in [0.05, 0.1) is 47.8 Å². The fourth-order valence-corrected chi connectivity index (χ4v) is 3.38. The number of hydrogen-bond donors (Lipinski definition) is 1. The molecule has 1 aliphatic rings. The van der Waals surface area contributed by atoms with Crippen molar-refractivity contribution in [1.82, 2.24) is 34.6 Å². The van der Waals surface area contributed by atoms with Crippen molar-refractivity contribution in [3.63, 3.8) is 0 Å². The lowest BCUT2D eigenvalue weighted by Gasteiger charge is -2.30. The summed E-state index contributed by atoms with van der Waals surface area (Å²) in [7, 11) is 0. The third kappa shape index (κ3) is 2.29. The molecule has 8 nitrogen and oxygen atoms in total. The van der Waals surface area contributed by atoms with Gasteiger partial charge in [-0.3, -0.25) is 9.78 Å². The predicted octanol–water partition coefficient (Wildman–Crippen LogP) is 2.77. The van der Waals surface area contributed by atoms with Gasteiger partial charge in [0.15, 0.2) is 0 Å². The van der Waals surface area contributed by atoms with Gasteiger partial charge in [0.1, 0.15) is 11.4 Å². The van der Waals surface area contributed by atoms with Gasteiger partial charge in [-0.2, -0.15) is 20.6 Å². The molecule has 1 fully saturated rings. The van der Waals surface area contributed by atoms with E-state index in [1.807, 2.05) is 46.8 Å². The molecule has 5 rings (SSSR count). The molecule has 4 heterocycles. The zero-order valence-corrected chi connectivity index (χ0v) is 14.2. The molecule has 4 aromatic rings. The van der Waals surface area contributed by atoms with Crippen molar-refractivity contribution < 1.29 is 0 Å². The van der Waals surface area contributed by atoms with E-state index in [2.05, 4.69) is 26.5 Å². The molecular weight excluding hydrogens is 328 g/mol. The molecule has 1 N–H and O–H groups in total. The SMILES string of the molecule is Cc1cc(-c2cn3nccc3c(-c3cnn(C4CC(C#N)C4)c3)n2)n[nH]1. The molecule has 1 saturated carbocycles. The van der Waals surface area contributed by atoms with Gasteiger partial charge in [-0.05, 0) is 31.9 Å². The Morgan fingerprint density at radius 2 is 2.12 bits per heavy atom. The van der Waals surface area contributed by atoms with E-state index in [-0.39, 0.29) is 5.92 Å². The molecule has 0 atom stereocenters. The van der Waals surface area contributed by atoms with Crippen LogP contribution in [0.4, 0.5) is 0 Å². The fourth-order valence-electron chi connectivity index (χ4n) is 3.38. The van der Waals surface area contributed by atoms with Crippen molar-refractivity contribution in [3.05, 3.63) is 42.6 Å². The van der Waals surface area contributed by atoms with E-state index in [1.54, 1.807) is 6.20 Å². The Kier molecular flexibility index (Phi) is 3.15. The lowest BCUT2D eigenvalue weighted by molar-refractivity contribution is 0.230. The third-order valence-corrected chi connectivity index (χ3v) is 4.90. The van der Waals surface area contributed by atoms with E-state index < -0.39 is 0 Å². The zero-order chi connectivity index (χ0) is 17.7. The number of aryl methyl sites for hydroxylation is 1. The number of aromatic amines is 1. The first-order valence-electron chi connectivity index (χ1n) is 8.52. The average molecular weight is 344 g/mol. The van der Waals surface area contributed by atoms with Crippen LogP contribution >= 0.6 is 0 Å². The van der Waals surface area contributed by atoms with Crippen LogP contribution in [0.1, 0.15) is 24.6 Å². The molecule has 0 aliphatic heterocycles. The second-order valence-electron chi connectivity index (χ2n) is 6.73. The highest BCUT2D eigenvalue weighted by atomic mass is 15.3. The van der Waals surface area contributed by atoms with Crippen LogP contribution in [0.2, 0.25) is 0 Å². The summed E-state index contributed by atoms with van der Waals surface area (Å²) in [6, 6.07) is 6.51. The Hall–Kier alpha value is -3.47. The number of fused-ring (bicyclic) bond motifs is 1. The Morgan fingerprint density at radius 1 is 1.23 bits per heavy atom. The van der Waals surface area contributed by atoms with Gasteiger partial charge < -0.3 is 0 Å². The minimum atomic E-state index is 0.151. The number of aromatic nitrogens is 7. The van der Waals surface area contributed by atoms with E-state index in [9.17, 15) is 0 Å². The van der Waals surface area contributed by atoms with E-state index in [0.717, 1.165) is 46.7 Å². The normalized spacial score (nSPS) is 19.4. The average Bonchev–Trinajstić information content (AvgIpc) is 3.32.